The van der Waals surface area contributed by atoms with Crippen LogP contribution in [0.4, 0.5) is 0 Å². The van der Waals surface area contributed by atoms with Crippen LogP contribution in [-0.4, -0.2) is 18.6 Å². The Balaban J connectivity index is 2.41. The van der Waals surface area contributed by atoms with E-state index in [1.807, 2.05) is 19.1 Å². The van der Waals surface area contributed by atoms with Gasteiger partial charge in [-0.15, -0.1) is 0 Å². The Labute approximate surface area is 127 Å². The van der Waals surface area contributed by atoms with Gasteiger partial charge in [-0.1, -0.05) is 26.3 Å². The summed E-state index contributed by atoms with van der Waals surface area (Å²) in [6.45, 7) is 8.24. The molecule has 2 N–H and O–H groups in total. The number of unbranched alkanes of at least 4 members (excludes halogenated alkanes) is 1. The highest BCUT2D eigenvalue weighted by Crippen LogP contribution is 2.13. The monoisotopic (exact) mass is 287 g/mol. The molecular weight excluding hydrogens is 260 g/mol. The van der Waals surface area contributed by atoms with Gasteiger partial charge in [0.25, 0.3) is 0 Å². The Morgan fingerprint density at radius 3 is 2.67 bits per heavy atom. The van der Waals surface area contributed by atoms with Crippen molar-refractivity contribution in [2.24, 2.45) is 0 Å². The zero-order chi connectivity index (χ0) is 15.4. The van der Waals surface area contributed by atoms with Crippen molar-refractivity contribution < 1.29 is 4.90 Å². The molecule has 3 nitrogen and oxygen atoms in total. The van der Waals surface area contributed by atoms with Crippen LogP contribution in [0.15, 0.2) is 23.0 Å². The summed E-state index contributed by atoms with van der Waals surface area (Å²) in [5.41, 5.74) is 4.31. The Kier molecular flexibility index (Phi) is 5.18. The molecule has 1 unspecified atom stereocenters. The second-order valence-corrected chi connectivity index (χ2v) is 6.03. The maximum Gasteiger partial charge on any atom is 0.198 e. The first-order valence-electron chi connectivity index (χ1n) is 8.02. The Morgan fingerprint density at radius 2 is 2.00 bits per heavy atom. The van der Waals surface area contributed by atoms with Gasteiger partial charge < -0.3 is 9.88 Å². The maximum absolute atomic E-state index is 12.8. The van der Waals surface area contributed by atoms with E-state index in [9.17, 15) is 4.79 Å². The Hall–Kier alpha value is -1.61. The molecule has 21 heavy (non-hydrogen) atoms. The average Bonchev–Trinajstić information content (AvgIpc) is 2.49. The number of hydrogen-bond donors (Lipinski definition) is 2. The van der Waals surface area contributed by atoms with E-state index in [4.69, 9.17) is 0 Å². The van der Waals surface area contributed by atoms with Gasteiger partial charge in [0.15, 0.2) is 5.43 Å². The van der Waals surface area contributed by atoms with E-state index in [-0.39, 0.29) is 5.43 Å². The number of aromatic nitrogens is 1. The third-order valence-electron chi connectivity index (χ3n) is 4.22. The van der Waals surface area contributed by atoms with E-state index in [0.29, 0.717) is 0 Å². The number of benzene rings is 1. The van der Waals surface area contributed by atoms with Gasteiger partial charge in [0.2, 0.25) is 0 Å². The van der Waals surface area contributed by atoms with Gasteiger partial charge in [0.05, 0.1) is 19.2 Å². The normalized spacial score (nSPS) is 12.8. The first-order valence-corrected chi connectivity index (χ1v) is 8.02. The van der Waals surface area contributed by atoms with E-state index in [2.05, 4.69) is 31.9 Å². The minimum atomic E-state index is 0.201. The number of nitrogens with one attached hydrogen (secondary N) is 2. The van der Waals surface area contributed by atoms with Crippen LogP contribution in [0.5, 0.6) is 0 Å². The summed E-state index contributed by atoms with van der Waals surface area (Å²) in [4.78, 5) is 17.6. The van der Waals surface area contributed by atoms with Gasteiger partial charge in [0, 0.05) is 16.6 Å². The van der Waals surface area contributed by atoms with Crippen molar-refractivity contribution in [3.63, 3.8) is 0 Å². The standard InChI is InChI=1S/C18H26N2O/c1-5-7-10-20(4)12-16-13(3)19-17-9-8-14(6-2)11-15(17)18(16)21/h8-9,11H,5-7,10,12H2,1-4H3,(H,19,21)/p+1. The number of pyridine rings is 1. The SMILES string of the molecule is CCCC[NH+](C)Cc1c(C)[nH]c2ccc(CC)cc2c1=O. The molecule has 2 rings (SSSR count). The zero-order valence-electron chi connectivity index (χ0n) is 13.7. The predicted octanol–water partition coefficient (Wildman–Crippen LogP) is 2.21. The van der Waals surface area contributed by atoms with Crippen molar-refractivity contribution in [2.75, 3.05) is 13.6 Å². The highest BCUT2D eigenvalue weighted by Gasteiger charge is 2.13. The van der Waals surface area contributed by atoms with Crippen LogP contribution < -0.4 is 10.3 Å². The Morgan fingerprint density at radius 1 is 1.24 bits per heavy atom. The molecule has 0 radical (unpaired) electrons. The molecule has 0 aliphatic heterocycles. The molecule has 1 atom stereocenters. The minimum absolute atomic E-state index is 0.201. The summed E-state index contributed by atoms with van der Waals surface area (Å²) in [6.07, 6.45) is 3.36. The van der Waals surface area contributed by atoms with Crippen molar-refractivity contribution in [1.82, 2.24) is 4.98 Å². The van der Waals surface area contributed by atoms with Gasteiger partial charge in [-0.05, 0) is 37.5 Å². The summed E-state index contributed by atoms with van der Waals surface area (Å²) in [5, 5.41) is 0.832. The van der Waals surface area contributed by atoms with E-state index < -0.39 is 0 Å². The fraction of sp³-hybridized carbons (Fsp3) is 0.500. The average molecular weight is 287 g/mol. The lowest BCUT2D eigenvalue weighted by Crippen LogP contribution is -3.07. The third-order valence-corrected chi connectivity index (χ3v) is 4.22. The summed E-state index contributed by atoms with van der Waals surface area (Å²) in [6, 6.07) is 6.16. The van der Waals surface area contributed by atoms with Crippen molar-refractivity contribution in [1.29, 1.82) is 0 Å². The third kappa shape index (κ3) is 3.53. The second-order valence-electron chi connectivity index (χ2n) is 6.03. The Bertz CT molecular complexity index is 673. The van der Waals surface area contributed by atoms with Gasteiger partial charge in [-0.3, -0.25) is 4.79 Å². The number of aromatic amines is 1. The van der Waals surface area contributed by atoms with E-state index >= 15 is 0 Å². The van der Waals surface area contributed by atoms with E-state index in [1.54, 1.807) is 0 Å². The molecule has 3 heteroatoms. The number of rotatable bonds is 6. The molecule has 0 spiro atoms. The van der Waals surface area contributed by atoms with Crippen LogP contribution in [0.3, 0.4) is 0 Å². The molecule has 0 aliphatic rings. The molecule has 0 amide bonds. The summed E-state index contributed by atoms with van der Waals surface area (Å²) < 4.78 is 0. The van der Waals surface area contributed by atoms with E-state index in [0.717, 1.165) is 41.7 Å². The van der Waals surface area contributed by atoms with Gasteiger partial charge >= 0.3 is 0 Å². The lowest BCUT2D eigenvalue weighted by atomic mass is 10.0. The van der Waals surface area contributed by atoms with Crippen LogP contribution in [0.2, 0.25) is 0 Å². The topological polar surface area (TPSA) is 37.3 Å². The fourth-order valence-electron chi connectivity index (χ4n) is 2.80. The number of aryl methyl sites for hydroxylation is 2. The molecular formula is C18H27N2O+. The molecule has 0 aliphatic carbocycles. The minimum Gasteiger partial charge on any atom is -0.358 e. The lowest BCUT2D eigenvalue weighted by molar-refractivity contribution is -0.894. The number of H-pyrrole nitrogens is 1. The van der Waals surface area contributed by atoms with Crippen molar-refractivity contribution in [2.45, 2.75) is 46.6 Å². The first kappa shape index (κ1) is 15.8. The summed E-state index contributed by atoms with van der Waals surface area (Å²) >= 11 is 0. The van der Waals surface area contributed by atoms with Crippen LogP contribution in [0.1, 0.15) is 43.5 Å². The smallest absolute Gasteiger partial charge is 0.198 e. The molecule has 0 saturated heterocycles. The molecule has 1 heterocycles. The molecule has 0 saturated carbocycles. The molecule has 114 valence electrons. The quantitative estimate of drug-likeness (QED) is 0.840. The van der Waals surface area contributed by atoms with Crippen LogP contribution in [0.25, 0.3) is 10.9 Å². The van der Waals surface area contributed by atoms with Gasteiger partial charge in [0.1, 0.15) is 6.54 Å². The zero-order valence-corrected chi connectivity index (χ0v) is 13.7. The summed E-state index contributed by atoms with van der Waals surface area (Å²) in [7, 11) is 2.17. The first-order chi connectivity index (χ1) is 10.1. The maximum atomic E-state index is 12.8. The number of hydrogen-bond acceptors (Lipinski definition) is 1. The van der Waals surface area contributed by atoms with Crippen molar-refractivity contribution in [3.05, 3.63) is 45.2 Å². The summed E-state index contributed by atoms with van der Waals surface area (Å²) in [5.74, 6) is 0. The number of fused-ring (bicyclic) bond motifs is 1. The van der Waals surface area contributed by atoms with E-state index in [1.165, 1.54) is 23.3 Å². The van der Waals surface area contributed by atoms with Crippen molar-refractivity contribution >= 4 is 10.9 Å². The largest absolute Gasteiger partial charge is 0.358 e. The highest BCUT2D eigenvalue weighted by atomic mass is 16.1. The van der Waals surface area contributed by atoms with Crippen LogP contribution in [-0.2, 0) is 13.0 Å². The number of quaternary nitrogens is 1. The molecule has 1 aromatic heterocycles. The predicted molar refractivity (Wildman–Crippen MR) is 89.0 cm³/mol. The van der Waals surface area contributed by atoms with Crippen LogP contribution >= 0.6 is 0 Å². The fourth-order valence-corrected chi connectivity index (χ4v) is 2.80. The highest BCUT2D eigenvalue weighted by molar-refractivity contribution is 5.80. The van der Waals surface area contributed by atoms with Gasteiger partial charge in [-0.2, -0.15) is 0 Å². The van der Waals surface area contributed by atoms with Crippen molar-refractivity contribution in [3.8, 4) is 0 Å². The molecule has 2 aromatic rings. The van der Waals surface area contributed by atoms with Gasteiger partial charge in [-0.25, -0.2) is 0 Å². The lowest BCUT2D eigenvalue weighted by Gasteiger charge is -2.15. The molecule has 1 aromatic carbocycles. The second kappa shape index (κ2) is 6.90. The molecule has 0 fully saturated rings. The molecule has 0 bridgehead atoms. The van der Waals surface area contributed by atoms with Crippen LogP contribution in [0, 0.1) is 6.92 Å².